The van der Waals surface area contributed by atoms with Crippen molar-refractivity contribution in [2.45, 2.75) is 24.6 Å². The molecule has 1 aromatic rings. The maximum atomic E-state index is 12.1. The number of methoxy groups -OCH3 is 2. The summed E-state index contributed by atoms with van der Waals surface area (Å²) in [6.07, 6.45) is 0.270. The van der Waals surface area contributed by atoms with Gasteiger partial charge in [0.1, 0.15) is 11.5 Å². The smallest absolute Gasteiger partial charge is 0.247 e. The Labute approximate surface area is 161 Å². The average Bonchev–Trinajstić information content (AvgIpc) is 3.05. The summed E-state index contributed by atoms with van der Waals surface area (Å²) in [6, 6.07) is 2.96. The minimum Gasteiger partial charge on any atom is -0.495 e. The number of thioether (sulfide) groups is 1. The van der Waals surface area contributed by atoms with Crippen LogP contribution in [0.15, 0.2) is 17.1 Å². The number of halogens is 1. The van der Waals surface area contributed by atoms with Crippen LogP contribution in [-0.4, -0.2) is 56.5 Å². The maximum absolute atomic E-state index is 12.1. The zero-order valence-electron chi connectivity index (χ0n) is 14.6. The topological polar surface area (TPSA) is 85.3 Å². The van der Waals surface area contributed by atoms with E-state index in [0.29, 0.717) is 27.4 Å². The Morgan fingerprint density at radius 1 is 1.31 bits per heavy atom. The highest BCUT2D eigenvalue weighted by atomic mass is 35.5. The molecule has 2 aliphatic rings. The second-order valence-corrected chi connectivity index (χ2v) is 9.74. The second-order valence-electron chi connectivity index (χ2n) is 5.97. The Hall–Kier alpha value is -1.45. The molecule has 0 radical (unpaired) electrons. The van der Waals surface area contributed by atoms with Crippen LogP contribution in [0.25, 0.3) is 0 Å². The summed E-state index contributed by atoms with van der Waals surface area (Å²) in [5.74, 6) is 0.700. The minimum atomic E-state index is -3.15. The number of carbonyl (C=O) groups is 1. The molecule has 0 spiro atoms. The summed E-state index contributed by atoms with van der Waals surface area (Å²) >= 11 is 7.59. The van der Waals surface area contributed by atoms with Gasteiger partial charge in [-0.15, -0.1) is 0 Å². The van der Waals surface area contributed by atoms with Crippen molar-refractivity contribution in [3.8, 4) is 11.5 Å². The lowest BCUT2D eigenvalue weighted by molar-refractivity contribution is -0.117. The lowest BCUT2D eigenvalue weighted by atomic mass is 10.2. The van der Waals surface area contributed by atoms with Gasteiger partial charge in [0.15, 0.2) is 15.0 Å². The van der Waals surface area contributed by atoms with E-state index in [4.69, 9.17) is 21.1 Å². The number of hydrogen-bond acceptors (Lipinski definition) is 6. The summed E-state index contributed by atoms with van der Waals surface area (Å²) in [6.45, 7) is 1.73. The first-order valence-electron chi connectivity index (χ1n) is 7.99. The molecule has 1 aromatic carbocycles. The number of nitrogens with zero attached hydrogens (tertiary/aromatic N) is 2. The molecule has 0 unspecified atom stereocenters. The van der Waals surface area contributed by atoms with E-state index in [1.54, 1.807) is 24.0 Å². The van der Waals surface area contributed by atoms with Gasteiger partial charge in [-0.3, -0.25) is 4.79 Å². The van der Waals surface area contributed by atoms with Crippen LogP contribution < -0.4 is 14.4 Å². The third-order valence-electron chi connectivity index (χ3n) is 4.30. The van der Waals surface area contributed by atoms with E-state index in [2.05, 4.69) is 4.99 Å². The second kappa shape index (κ2) is 7.28. The van der Waals surface area contributed by atoms with Gasteiger partial charge >= 0.3 is 0 Å². The molecular formula is C16H19ClN2O5S2. The average molecular weight is 419 g/mol. The van der Waals surface area contributed by atoms with Crippen molar-refractivity contribution in [2.24, 2.45) is 4.99 Å². The van der Waals surface area contributed by atoms with Crippen molar-refractivity contribution in [3.05, 3.63) is 17.2 Å². The highest BCUT2D eigenvalue weighted by Gasteiger charge is 2.50. The molecule has 1 amide bonds. The third-order valence-corrected chi connectivity index (χ3v) is 7.81. The zero-order valence-corrected chi connectivity index (χ0v) is 16.9. The molecule has 0 bridgehead atoms. The van der Waals surface area contributed by atoms with Crippen molar-refractivity contribution in [3.63, 3.8) is 0 Å². The van der Waals surface area contributed by atoms with Gasteiger partial charge in [-0.25, -0.2) is 8.42 Å². The van der Waals surface area contributed by atoms with Crippen LogP contribution in [-0.2, 0) is 14.6 Å². The number of amidine groups is 1. The number of fused-ring (bicyclic) bond motifs is 1. The van der Waals surface area contributed by atoms with Crippen LogP contribution in [0.3, 0.4) is 0 Å². The Morgan fingerprint density at radius 3 is 2.62 bits per heavy atom. The molecule has 2 aliphatic heterocycles. The summed E-state index contributed by atoms with van der Waals surface area (Å²) in [5.41, 5.74) is 0.568. The molecule has 0 aromatic heterocycles. The van der Waals surface area contributed by atoms with Gasteiger partial charge in [0.05, 0.1) is 42.5 Å². The normalized spacial score (nSPS) is 25.4. The Morgan fingerprint density at radius 2 is 2.00 bits per heavy atom. The first-order chi connectivity index (χ1) is 12.3. The van der Waals surface area contributed by atoms with Crippen LogP contribution in [0.1, 0.15) is 13.3 Å². The Kier molecular flexibility index (Phi) is 5.41. The molecule has 7 nitrogen and oxygen atoms in total. The van der Waals surface area contributed by atoms with Crippen LogP contribution in [0.4, 0.5) is 5.69 Å². The minimum absolute atomic E-state index is 0.00317. The van der Waals surface area contributed by atoms with Gasteiger partial charge in [0, 0.05) is 17.7 Å². The van der Waals surface area contributed by atoms with E-state index in [1.807, 2.05) is 0 Å². The Balaban J connectivity index is 2.13. The molecule has 3 rings (SSSR count). The molecule has 2 saturated heterocycles. The van der Waals surface area contributed by atoms with E-state index in [9.17, 15) is 13.2 Å². The highest BCUT2D eigenvalue weighted by Crippen LogP contribution is 2.46. The van der Waals surface area contributed by atoms with Gasteiger partial charge in [-0.05, 0) is 6.07 Å². The maximum Gasteiger partial charge on any atom is 0.247 e. The number of hydrogen-bond donors (Lipinski definition) is 0. The standard InChI is InChI=1S/C16H19ClN2O5S2/c1-4-15(20)18-16-19(11-7-26(21,22)8-14(11)25-16)10-5-9(17)12(23-2)6-13(10)24-3/h5-6,11,14H,4,7-8H2,1-3H3/t11-,14-/m0/s1. The number of benzene rings is 1. The van der Waals surface area contributed by atoms with Crippen LogP contribution in [0.5, 0.6) is 11.5 Å². The fourth-order valence-corrected chi connectivity index (χ4v) is 7.22. The van der Waals surface area contributed by atoms with Crippen molar-refractivity contribution in [2.75, 3.05) is 30.6 Å². The zero-order chi connectivity index (χ0) is 19.1. The van der Waals surface area contributed by atoms with Crippen LogP contribution >= 0.6 is 23.4 Å². The van der Waals surface area contributed by atoms with E-state index < -0.39 is 9.84 Å². The number of anilines is 1. The van der Waals surface area contributed by atoms with Crippen molar-refractivity contribution in [1.29, 1.82) is 0 Å². The van der Waals surface area contributed by atoms with Crippen LogP contribution in [0, 0.1) is 0 Å². The molecule has 26 heavy (non-hydrogen) atoms. The summed E-state index contributed by atoms with van der Waals surface area (Å²) in [7, 11) is -0.143. The number of carbonyl (C=O) groups excluding carboxylic acids is 1. The van der Waals surface area contributed by atoms with Crippen LogP contribution in [0.2, 0.25) is 5.02 Å². The predicted molar refractivity (Wildman–Crippen MR) is 104 cm³/mol. The molecule has 0 aliphatic carbocycles. The largest absolute Gasteiger partial charge is 0.495 e. The number of sulfone groups is 1. The van der Waals surface area contributed by atoms with Gasteiger partial charge in [-0.1, -0.05) is 30.3 Å². The molecule has 10 heteroatoms. The molecule has 2 heterocycles. The predicted octanol–water partition coefficient (Wildman–Crippen LogP) is 2.37. The number of ether oxygens (including phenoxy) is 2. The van der Waals surface area contributed by atoms with E-state index >= 15 is 0 Å². The molecule has 2 fully saturated rings. The molecule has 2 atom stereocenters. The SMILES string of the molecule is CCC(=O)N=C1S[C@H]2CS(=O)(=O)C[C@@H]2N1c1cc(Cl)c(OC)cc1OC. The van der Waals surface area contributed by atoms with E-state index in [-0.39, 0.29) is 35.1 Å². The molecule has 0 saturated carbocycles. The first-order valence-corrected chi connectivity index (χ1v) is 11.1. The van der Waals surface area contributed by atoms with E-state index in [1.165, 1.54) is 26.0 Å². The third kappa shape index (κ3) is 3.52. The highest BCUT2D eigenvalue weighted by molar-refractivity contribution is 8.16. The molecule has 0 N–H and O–H groups in total. The van der Waals surface area contributed by atoms with Gasteiger partial charge in [0.25, 0.3) is 0 Å². The lowest BCUT2D eigenvalue weighted by Gasteiger charge is -2.26. The van der Waals surface area contributed by atoms with Gasteiger partial charge in [0.2, 0.25) is 5.91 Å². The number of rotatable bonds is 4. The van der Waals surface area contributed by atoms with Crippen molar-refractivity contribution in [1.82, 2.24) is 0 Å². The van der Waals surface area contributed by atoms with Crippen molar-refractivity contribution < 1.29 is 22.7 Å². The Bertz CT molecular complexity index is 872. The van der Waals surface area contributed by atoms with Gasteiger partial charge in [-0.2, -0.15) is 4.99 Å². The monoisotopic (exact) mass is 418 g/mol. The summed E-state index contributed by atoms with van der Waals surface area (Å²) in [5, 5.41) is 0.647. The number of amides is 1. The van der Waals surface area contributed by atoms with Crippen molar-refractivity contribution >= 4 is 50.0 Å². The van der Waals surface area contributed by atoms with E-state index in [0.717, 1.165) is 0 Å². The summed E-state index contributed by atoms with van der Waals surface area (Å²) in [4.78, 5) is 17.8. The fraction of sp³-hybridized carbons (Fsp3) is 0.500. The fourth-order valence-electron chi connectivity index (χ4n) is 3.06. The quantitative estimate of drug-likeness (QED) is 0.741. The summed E-state index contributed by atoms with van der Waals surface area (Å²) < 4.78 is 34.9. The molecule has 142 valence electrons. The van der Waals surface area contributed by atoms with Gasteiger partial charge < -0.3 is 14.4 Å². The molecular weight excluding hydrogens is 400 g/mol. The first kappa shape index (κ1) is 19.3. The number of aliphatic imine (C=N–C) groups is 1. The lowest BCUT2D eigenvalue weighted by Crippen LogP contribution is -2.38.